The minimum absolute atomic E-state index is 0.00305. The van der Waals surface area contributed by atoms with Gasteiger partial charge >= 0.3 is 0 Å². The molecule has 1 fully saturated rings. The number of rotatable bonds is 8. The summed E-state index contributed by atoms with van der Waals surface area (Å²) in [6, 6.07) is 15.7. The number of morpholine rings is 1. The summed E-state index contributed by atoms with van der Waals surface area (Å²) in [5.41, 5.74) is 3.93. The second kappa shape index (κ2) is 11.5. The van der Waals surface area contributed by atoms with Crippen LogP contribution in [0.5, 0.6) is 5.75 Å². The quantitative estimate of drug-likeness (QED) is 0.583. The van der Waals surface area contributed by atoms with Crippen LogP contribution in [-0.2, 0) is 14.3 Å². The lowest BCUT2D eigenvalue weighted by molar-refractivity contribution is -0.140. The summed E-state index contributed by atoms with van der Waals surface area (Å²) in [7, 11) is 1.63. The van der Waals surface area contributed by atoms with Gasteiger partial charge in [-0.25, -0.2) is 5.01 Å². The van der Waals surface area contributed by atoms with E-state index in [2.05, 4.69) is 4.90 Å². The zero-order chi connectivity index (χ0) is 24.8. The van der Waals surface area contributed by atoms with E-state index >= 15 is 0 Å². The van der Waals surface area contributed by atoms with Gasteiger partial charge in [0, 0.05) is 45.1 Å². The van der Waals surface area contributed by atoms with Crippen molar-refractivity contribution < 1.29 is 19.1 Å². The first-order chi connectivity index (χ1) is 16.9. The summed E-state index contributed by atoms with van der Waals surface area (Å²) in [6.07, 6.45) is 0.593. The maximum absolute atomic E-state index is 13.5. The van der Waals surface area contributed by atoms with Gasteiger partial charge in [0.1, 0.15) is 12.3 Å². The average Bonchev–Trinajstić information content (AvgIpc) is 3.33. The smallest absolute Gasteiger partial charge is 0.262 e. The fourth-order valence-corrected chi connectivity index (χ4v) is 4.44. The van der Waals surface area contributed by atoms with Crippen LogP contribution in [0.15, 0.2) is 53.6 Å². The van der Waals surface area contributed by atoms with Crippen LogP contribution < -0.4 is 4.74 Å². The Morgan fingerprint density at radius 2 is 1.89 bits per heavy atom. The summed E-state index contributed by atoms with van der Waals surface area (Å²) in [5, 5.41) is 6.32. The highest BCUT2D eigenvalue weighted by Gasteiger charge is 2.34. The summed E-state index contributed by atoms with van der Waals surface area (Å²) >= 11 is 0. The van der Waals surface area contributed by atoms with Gasteiger partial charge < -0.3 is 14.4 Å². The van der Waals surface area contributed by atoms with Gasteiger partial charge in [0.2, 0.25) is 5.91 Å². The monoisotopic (exact) mass is 478 g/mol. The minimum Gasteiger partial charge on any atom is -0.497 e. The lowest BCUT2D eigenvalue weighted by Crippen LogP contribution is -2.45. The van der Waals surface area contributed by atoms with Crippen molar-refractivity contribution in [1.82, 2.24) is 14.8 Å². The van der Waals surface area contributed by atoms with Crippen molar-refractivity contribution in [2.24, 2.45) is 5.10 Å². The molecule has 186 valence electrons. The van der Waals surface area contributed by atoms with E-state index in [4.69, 9.17) is 14.6 Å². The number of methoxy groups -OCH3 is 1. The zero-order valence-corrected chi connectivity index (χ0v) is 20.8. The van der Waals surface area contributed by atoms with Gasteiger partial charge in [-0.15, -0.1) is 0 Å². The van der Waals surface area contributed by atoms with Gasteiger partial charge in [-0.05, 0) is 24.6 Å². The molecule has 0 unspecified atom stereocenters. The molecule has 8 heteroatoms. The van der Waals surface area contributed by atoms with Crippen LogP contribution in [0, 0.1) is 6.92 Å². The fraction of sp³-hybridized carbons (Fsp3) is 0.444. The Morgan fingerprint density at radius 3 is 2.57 bits per heavy atom. The molecule has 4 rings (SSSR count). The molecule has 0 radical (unpaired) electrons. The molecule has 2 aliphatic heterocycles. The van der Waals surface area contributed by atoms with E-state index in [-0.39, 0.29) is 24.4 Å². The molecule has 1 saturated heterocycles. The number of hydrazone groups is 1. The molecule has 2 heterocycles. The molecule has 0 bridgehead atoms. The number of hydrogen-bond donors (Lipinski definition) is 0. The Balaban J connectivity index is 1.54. The van der Waals surface area contributed by atoms with Crippen LogP contribution in [0.2, 0.25) is 0 Å². The van der Waals surface area contributed by atoms with Gasteiger partial charge in [0.05, 0.1) is 32.1 Å². The lowest BCUT2D eigenvalue weighted by Gasteiger charge is -2.30. The highest BCUT2D eigenvalue weighted by Crippen LogP contribution is 2.33. The van der Waals surface area contributed by atoms with Crippen molar-refractivity contribution in [3.8, 4) is 5.75 Å². The second-order valence-electron chi connectivity index (χ2n) is 9.04. The van der Waals surface area contributed by atoms with E-state index in [0.717, 1.165) is 47.8 Å². The summed E-state index contributed by atoms with van der Waals surface area (Å²) in [6.45, 7) is 7.85. The van der Waals surface area contributed by atoms with Crippen LogP contribution in [0.4, 0.5) is 0 Å². The van der Waals surface area contributed by atoms with Crippen LogP contribution in [0.1, 0.15) is 36.1 Å². The summed E-state index contributed by atoms with van der Waals surface area (Å²) in [5.74, 6) is 0.438. The molecule has 0 saturated carbocycles. The number of aryl methyl sites for hydroxylation is 1. The third-order valence-corrected chi connectivity index (χ3v) is 6.59. The predicted octanol–water partition coefficient (Wildman–Crippen LogP) is 2.86. The molecule has 8 nitrogen and oxygen atoms in total. The molecule has 0 spiro atoms. The first kappa shape index (κ1) is 24.9. The van der Waals surface area contributed by atoms with Gasteiger partial charge in [-0.1, -0.05) is 42.0 Å². The predicted molar refractivity (Wildman–Crippen MR) is 134 cm³/mol. The molecule has 2 aromatic rings. The van der Waals surface area contributed by atoms with Crippen LogP contribution in [-0.4, -0.2) is 85.4 Å². The molecular formula is C27H34N4O4. The van der Waals surface area contributed by atoms with Crippen LogP contribution in [0.25, 0.3) is 0 Å². The van der Waals surface area contributed by atoms with Crippen molar-refractivity contribution >= 4 is 17.5 Å². The van der Waals surface area contributed by atoms with Crippen molar-refractivity contribution in [3.63, 3.8) is 0 Å². The van der Waals surface area contributed by atoms with E-state index in [1.54, 1.807) is 17.0 Å². The molecular weight excluding hydrogens is 444 g/mol. The topological polar surface area (TPSA) is 74.7 Å². The number of carbonyl (C=O) groups excluding carboxylic acids is 2. The lowest BCUT2D eigenvalue weighted by atomic mass is 9.97. The average molecular weight is 479 g/mol. The van der Waals surface area contributed by atoms with E-state index in [0.29, 0.717) is 26.2 Å². The van der Waals surface area contributed by atoms with Crippen molar-refractivity contribution in [1.29, 1.82) is 0 Å². The Kier molecular flexibility index (Phi) is 8.15. The maximum atomic E-state index is 13.5. The maximum Gasteiger partial charge on any atom is 0.262 e. The number of hydrogen-bond acceptors (Lipinski definition) is 6. The van der Waals surface area contributed by atoms with Gasteiger partial charge in [0.25, 0.3) is 5.91 Å². The highest BCUT2D eigenvalue weighted by atomic mass is 16.5. The van der Waals surface area contributed by atoms with E-state index in [9.17, 15) is 9.59 Å². The van der Waals surface area contributed by atoms with Gasteiger partial charge in [0.15, 0.2) is 0 Å². The second-order valence-corrected chi connectivity index (χ2v) is 9.04. The highest BCUT2D eigenvalue weighted by molar-refractivity contribution is 6.03. The Hall–Kier alpha value is -3.23. The third-order valence-electron chi connectivity index (χ3n) is 6.59. The van der Waals surface area contributed by atoms with E-state index in [1.165, 1.54) is 6.92 Å². The molecule has 1 atom stereocenters. The molecule has 0 aliphatic carbocycles. The number of benzene rings is 2. The van der Waals surface area contributed by atoms with Crippen LogP contribution >= 0.6 is 0 Å². The van der Waals surface area contributed by atoms with E-state index < -0.39 is 0 Å². The van der Waals surface area contributed by atoms with Gasteiger partial charge in [-0.3, -0.25) is 14.5 Å². The molecule has 0 N–H and O–H groups in total. The first-order valence-corrected chi connectivity index (χ1v) is 12.1. The van der Waals surface area contributed by atoms with Crippen LogP contribution in [0.3, 0.4) is 0 Å². The normalized spacial score (nSPS) is 18.3. The van der Waals surface area contributed by atoms with Crippen molar-refractivity contribution in [2.75, 3.05) is 53.0 Å². The standard InChI is InChI=1S/C27H34N4O4/c1-20-7-9-22(10-8-20)26-18-25(23-5-4-6-24(17-23)34-3)28-31(26)27(33)19-30(21(2)32)12-11-29-13-15-35-16-14-29/h4-10,17,26H,11-16,18-19H2,1-3H3/t26-/m0/s1. The number of carbonyl (C=O) groups is 2. The molecule has 0 aromatic heterocycles. The summed E-state index contributed by atoms with van der Waals surface area (Å²) in [4.78, 5) is 29.8. The molecule has 2 aliphatic rings. The largest absolute Gasteiger partial charge is 0.497 e. The SMILES string of the molecule is COc1cccc(C2=NN(C(=O)CN(CCN3CCOCC3)C(C)=O)[C@H](c3ccc(C)cc3)C2)c1. The Bertz CT molecular complexity index is 1060. The molecule has 35 heavy (non-hydrogen) atoms. The van der Waals surface area contributed by atoms with Gasteiger partial charge in [-0.2, -0.15) is 5.10 Å². The minimum atomic E-state index is -0.225. The van der Waals surface area contributed by atoms with Crippen molar-refractivity contribution in [2.45, 2.75) is 26.3 Å². The Morgan fingerprint density at radius 1 is 1.14 bits per heavy atom. The third kappa shape index (κ3) is 6.26. The van der Waals surface area contributed by atoms with Crippen molar-refractivity contribution in [3.05, 3.63) is 65.2 Å². The number of ether oxygens (including phenoxy) is 2. The number of nitrogens with zero attached hydrogens (tertiary/aromatic N) is 4. The fourth-order valence-electron chi connectivity index (χ4n) is 4.44. The first-order valence-electron chi connectivity index (χ1n) is 12.1. The van der Waals surface area contributed by atoms with E-state index in [1.807, 2.05) is 55.5 Å². The molecule has 2 aromatic carbocycles. The zero-order valence-electron chi connectivity index (χ0n) is 20.8. The number of amides is 2. The molecule has 2 amide bonds. The Labute approximate surface area is 207 Å². The summed E-state index contributed by atoms with van der Waals surface area (Å²) < 4.78 is 10.8.